The minimum atomic E-state index is -0.0759. The molecule has 68 heavy (non-hydrogen) atoms. The fourth-order valence-electron chi connectivity index (χ4n) is 7.21. The van der Waals surface area contributed by atoms with Crippen LogP contribution in [0.5, 0.6) is 11.5 Å². The number of benzene rings is 5. The molecule has 0 saturated heterocycles. The van der Waals surface area contributed by atoms with Crippen LogP contribution >= 0.6 is 0 Å². The van der Waals surface area contributed by atoms with E-state index in [-0.39, 0.29) is 10.9 Å². The Kier molecular flexibility index (Phi) is 15.1. The summed E-state index contributed by atoms with van der Waals surface area (Å²) in [6.07, 6.45) is 3.78. The Morgan fingerprint density at radius 1 is 0.412 bits per heavy atom. The van der Waals surface area contributed by atoms with Gasteiger partial charge in [-0.05, 0) is 72.8 Å². The SMILES string of the molecule is O=c1cc(-c2ccc(OCCOCCOCCn3cc(-c4ccc(-c5cn(CCOCCOCCOc6ccc(-c7cc(=O)c8ccccc8o7)cc6)nn5)cc4)nn3)cc2)oc2ccccc12. The normalized spacial score (nSPS) is 11.4. The van der Waals surface area contributed by atoms with Gasteiger partial charge >= 0.3 is 0 Å². The van der Waals surface area contributed by atoms with Crippen molar-refractivity contribution in [2.75, 3.05) is 66.1 Å². The second-order valence-corrected chi connectivity index (χ2v) is 15.4. The van der Waals surface area contributed by atoms with Crippen molar-refractivity contribution in [3.8, 4) is 56.7 Å². The zero-order chi connectivity index (χ0) is 46.3. The third kappa shape index (κ3) is 12.0. The van der Waals surface area contributed by atoms with E-state index >= 15 is 0 Å². The van der Waals surface area contributed by atoms with Crippen LogP contribution in [-0.4, -0.2) is 96.1 Å². The van der Waals surface area contributed by atoms with Gasteiger partial charge in [0.25, 0.3) is 0 Å². The van der Waals surface area contributed by atoms with Crippen molar-refractivity contribution in [2.24, 2.45) is 0 Å². The molecule has 4 heterocycles. The Hall–Kier alpha value is -7.76. The summed E-state index contributed by atoms with van der Waals surface area (Å²) < 4.78 is 49.8. The van der Waals surface area contributed by atoms with Crippen molar-refractivity contribution in [1.82, 2.24) is 30.0 Å². The van der Waals surface area contributed by atoms with Gasteiger partial charge in [-0.15, -0.1) is 10.2 Å². The maximum Gasteiger partial charge on any atom is 0.193 e. The lowest BCUT2D eigenvalue weighted by atomic mass is 10.1. The van der Waals surface area contributed by atoms with E-state index in [0.717, 1.165) is 33.6 Å². The molecule has 0 amide bonds. The summed E-state index contributed by atoms with van der Waals surface area (Å²) in [5, 5.41) is 18.3. The maximum atomic E-state index is 12.5. The standard InChI is InChI=1S/C52H48N6O10/c59-47-33-51(67-49-7-3-1-5-43(47)49)39-13-17-41(18-14-39)65-31-29-63-27-25-61-23-21-57-35-45(53-55-57)37-9-11-38(12-10-37)46-36-58(56-54-46)22-24-62-26-28-64-30-32-66-42-19-15-40(16-20-42)52-34-48(60)44-6-2-4-8-50(44)68-52/h1-20,33-36H,21-32H2. The third-order valence-electron chi connectivity index (χ3n) is 10.8. The van der Waals surface area contributed by atoms with E-state index in [1.54, 1.807) is 33.6 Å². The quantitative estimate of drug-likeness (QED) is 0.0533. The molecule has 0 unspecified atom stereocenters. The number of fused-ring (bicyclic) bond motifs is 2. The monoisotopic (exact) mass is 916 g/mol. The van der Waals surface area contributed by atoms with Crippen molar-refractivity contribution in [1.29, 1.82) is 0 Å². The van der Waals surface area contributed by atoms with Crippen LogP contribution < -0.4 is 20.3 Å². The number of para-hydroxylation sites is 2. The largest absolute Gasteiger partial charge is 0.491 e. The number of hydrogen-bond acceptors (Lipinski definition) is 14. The Balaban J connectivity index is 0.599. The van der Waals surface area contributed by atoms with Gasteiger partial charge in [-0.25, -0.2) is 9.36 Å². The number of aromatic nitrogens is 6. The van der Waals surface area contributed by atoms with Gasteiger partial charge in [0, 0.05) is 34.4 Å². The molecular weight excluding hydrogens is 869 g/mol. The average Bonchev–Trinajstić information content (AvgIpc) is 4.06. The summed E-state index contributed by atoms with van der Waals surface area (Å²) in [5.74, 6) is 2.41. The van der Waals surface area contributed by atoms with Crippen molar-refractivity contribution >= 4 is 21.9 Å². The van der Waals surface area contributed by atoms with Crippen LogP contribution in [0, 0.1) is 0 Å². The van der Waals surface area contributed by atoms with E-state index < -0.39 is 0 Å². The molecule has 0 radical (unpaired) electrons. The first-order valence-electron chi connectivity index (χ1n) is 22.3. The number of nitrogens with zero attached hydrogens (tertiary/aromatic N) is 6. The Bertz CT molecular complexity index is 2930. The van der Waals surface area contributed by atoms with Crippen molar-refractivity contribution in [3.63, 3.8) is 0 Å². The highest BCUT2D eigenvalue weighted by atomic mass is 16.5. The van der Waals surface area contributed by atoms with E-state index in [1.165, 1.54) is 12.1 Å². The van der Waals surface area contributed by atoms with Gasteiger partial charge in [-0.2, -0.15) is 0 Å². The topological polar surface area (TPSA) is 177 Å². The molecule has 0 atom stereocenters. The average molecular weight is 917 g/mol. The minimum absolute atomic E-state index is 0.0759. The van der Waals surface area contributed by atoms with E-state index in [2.05, 4.69) is 20.6 Å². The molecule has 16 nitrogen and oxygen atoms in total. The predicted molar refractivity (Wildman–Crippen MR) is 255 cm³/mol. The van der Waals surface area contributed by atoms with Gasteiger partial charge in [0.15, 0.2) is 10.9 Å². The van der Waals surface area contributed by atoms with Gasteiger partial charge in [-0.1, -0.05) is 59.0 Å². The number of rotatable bonds is 24. The minimum Gasteiger partial charge on any atom is -0.491 e. The second kappa shape index (κ2) is 22.6. The summed E-state index contributed by atoms with van der Waals surface area (Å²) >= 11 is 0. The Morgan fingerprint density at radius 2 is 0.779 bits per heavy atom. The molecule has 0 aliphatic rings. The second-order valence-electron chi connectivity index (χ2n) is 15.4. The summed E-state index contributed by atoms with van der Waals surface area (Å²) in [6.45, 7) is 5.39. The molecule has 0 saturated carbocycles. The maximum absolute atomic E-state index is 12.5. The highest BCUT2D eigenvalue weighted by molar-refractivity contribution is 5.79. The zero-order valence-corrected chi connectivity index (χ0v) is 37.1. The molecule has 346 valence electrons. The molecule has 5 aromatic carbocycles. The van der Waals surface area contributed by atoms with Crippen LogP contribution in [0.25, 0.3) is 67.1 Å². The van der Waals surface area contributed by atoms with E-state index in [0.29, 0.717) is 124 Å². The van der Waals surface area contributed by atoms with Gasteiger partial charge in [0.2, 0.25) is 0 Å². The van der Waals surface area contributed by atoms with Gasteiger partial charge < -0.3 is 37.3 Å². The lowest BCUT2D eigenvalue weighted by Crippen LogP contribution is -2.13. The summed E-state index contributed by atoms with van der Waals surface area (Å²) in [5.41, 5.74) is 5.93. The molecule has 0 bridgehead atoms. The molecule has 9 aromatic rings. The van der Waals surface area contributed by atoms with E-state index in [1.807, 2.05) is 109 Å². The zero-order valence-electron chi connectivity index (χ0n) is 37.1. The first kappa shape index (κ1) is 45.4. The Labute approximate surface area is 390 Å². The third-order valence-corrected chi connectivity index (χ3v) is 10.8. The highest BCUT2D eigenvalue weighted by Crippen LogP contribution is 2.26. The molecule has 0 fully saturated rings. The van der Waals surface area contributed by atoms with Gasteiger partial charge in [-0.3, -0.25) is 9.59 Å². The fourth-order valence-corrected chi connectivity index (χ4v) is 7.21. The first-order chi connectivity index (χ1) is 33.5. The lowest BCUT2D eigenvalue weighted by Gasteiger charge is -2.09. The van der Waals surface area contributed by atoms with Crippen LogP contribution in [0.4, 0.5) is 0 Å². The van der Waals surface area contributed by atoms with Crippen molar-refractivity contribution in [3.05, 3.63) is 166 Å². The molecule has 9 rings (SSSR count). The molecule has 4 aromatic heterocycles. The van der Waals surface area contributed by atoms with Crippen molar-refractivity contribution < 1.29 is 37.3 Å². The Morgan fingerprint density at radius 3 is 1.21 bits per heavy atom. The number of ether oxygens (including phenoxy) is 6. The highest BCUT2D eigenvalue weighted by Gasteiger charge is 2.11. The summed E-state index contributed by atoms with van der Waals surface area (Å²) in [6, 6.07) is 40.2. The summed E-state index contributed by atoms with van der Waals surface area (Å²) in [7, 11) is 0. The summed E-state index contributed by atoms with van der Waals surface area (Å²) in [4.78, 5) is 24.9. The molecule has 0 aliphatic carbocycles. The fraction of sp³-hybridized carbons (Fsp3) is 0.231. The van der Waals surface area contributed by atoms with Crippen LogP contribution in [0.15, 0.2) is 164 Å². The van der Waals surface area contributed by atoms with Gasteiger partial charge in [0.1, 0.15) is 58.8 Å². The molecular formula is C52H48N6O10. The molecule has 0 N–H and O–H groups in total. The number of hydrogen-bond donors (Lipinski definition) is 0. The lowest BCUT2D eigenvalue weighted by molar-refractivity contribution is 0.0333. The van der Waals surface area contributed by atoms with Gasteiger partial charge in [0.05, 0.1) is 89.1 Å². The molecule has 0 aliphatic heterocycles. The smallest absolute Gasteiger partial charge is 0.193 e. The van der Waals surface area contributed by atoms with Crippen LogP contribution in [-0.2, 0) is 32.0 Å². The van der Waals surface area contributed by atoms with Crippen LogP contribution in [0.3, 0.4) is 0 Å². The van der Waals surface area contributed by atoms with Crippen LogP contribution in [0.2, 0.25) is 0 Å². The predicted octanol–water partition coefficient (Wildman–Crippen LogP) is 7.97. The van der Waals surface area contributed by atoms with E-state index in [9.17, 15) is 9.59 Å². The van der Waals surface area contributed by atoms with E-state index in [4.69, 9.17) is 37.3 Å². The first-order valence-corrected chi connectivity index (χ1v) is 22.3. The van der Waals surface area contributed by atoms with Crippen LogP contribution in [0.1, 0.15) is 0 Å². The van der Waals surface area contributed by atoms with Crippen molar-refractivity contribution in [2.45, 2.75) is 13.1 Å². The molecule has 16 heteroatoms. The molecule has 0 spiro atoms.